The Balaban J connectivity index is 1.47. The van der Waals surface area contributed by atoms with Gasteiger partial charge in [0.25, 0.3) is 0 Å². The molecule has 1 saturated heterocycles. The van der Waals surface area contributed by atoms with Crippen molar-refractivity contribution in [1.29, 1.82) is 0 Å². The molecule has 0 radical (unpaired) electrons. The third kappa shape index (κ3) is 6.32. The predicted molar refractivity (Wildman–Crippen MR) is 113 cm³/mol. The molecule has 6 nitrogen and oxygen atoms in total. The molecule has 29 heavy (non-hydrogen) atoms. The molecule has 0 spiro atoms. The van der Waals surface area contributed by atoms with E-state index in [1.165, 1.54) is 0 Å². The molecular formula is C22H28ClN3O3. The Morgan fingerprint density at radius 2 is 1.90 bits per heavy atom. The molecule has 2 heterocycles. The summed E-state index contributed by atoms with van der Waals surface area (Å²) in [5.41, 5.74) is 1.50. The summed E-state index contributed by atoms with van der Waals surface area (Å²) in [5.74, 6) is 2.16. The smallest absolute Gasteiger partial charge is 0.410 e. The maximum Gasteiger partial charge on any atom is 0.410 e. The van der Waals surface area contributed by atoms with E-state index in [1.54, 1.807) is 17.3 Å². The van der Waals surface area contributed by atoms with Crippen molar-refractivity contribution in [1.82, 2.24) is 14.9 Å². The summed E-state index contributed by atoms with van der Waals surface area (Å²) >= 11 is 5.89. The Labute approximate surface area is 177 Å². The van der Waals surface area contributed by atoms with Gasteiger partial charge in [0.2, 0.25) is 0 Å². The van der Waals surface area contributed by atoms with Crippen molar-refractivity contribution in [2.45, 2.75) is 45.1 Å². The van der Waals surface area contributed by atoms with Gasteiger partial charge < -0.3 is 14.4 Å². The molecular weight excluding hydrogens is 390 g/mol. The first-order valence-electron chi connectivity index (χ1n) is 9.92. The second kappa shape index (κ2) is 9.44. The lowest BCUT2D eigenvalue weighted by atomic mass is 9.98. The second-order valence-electron chi connectivity index (χ2n) is 8.30. The zero-order valence-corrected chi connectivity index (χ0v) is 18.0. The van der Waals surface area contributed by atoms with E-state index in [0.29, 0.717) is 43.1 Å². The number of carbonyl (C=O) groups excluding carboxylic acids is 1. The van der Waals surface area contributed by atoms with E-state index in [9.17, 15) is 4.79 Å². The number of likely N-dealkylation sites (tertiary alicyclic amines) is 1. The fourth-order valence-corrected chi connectivity index (χ4v) is 3.32. The highest BCUT2D eigenvalue weighted by Crippen LogP contribution is 2.22. The Kier molecular flexibility index (Phi) is 6.96. The summed E-state index contributed by atoms with van der Waals surface area (Å²) in [6.45, 7) is 7.62. The van der Waals surface area contributed by atoms with Crippen LogP contribution in [0.1, 0.15) is 39.2 Å². The number of ether oxygens (including phenoxy) is 2. The van der Waals surface area contributed by atoms with Crippen LogP contribution in [0.2, 0.25) is 0 Å². The number of hydrogen-bond acceptors (Lipinski definition) is 5. The zero-order chi connectivity index (χ0) is 20.9. The number of hydrogen-bond donors (Lipinski definition) is 0. The molecule has 0 saturated carbocycles. The fourth-order valence-electron chi connectivity index (χ4n) is 3.16. The Morgan fingerprint density at radius 1 is 1.21 bits per heavy atom. The fraction of sp³-hybridized carbons (Fsp3) is 0.500. The van der Waals surface area contributed by atoms with Crippen LogP contribution in [0, 0.1) is 5.92 Å². The third-order valence-corrected chi connectivity index (χ3v) is 5.03. The van der Waals surface area contributed by atoms with Crippen LogP contribution in [-0.4, -0.2) is 46.3 Å². The van der Waals surface area contributed by atoms with Crippen LogP contribution in [0.3, 0.4) is 0 Å². The lowest BCUT2D eigenvalue weighted by Gasteiger charge is -2.33. The molecule has 7 heteroatoms. The number of benzene rings is 1. The van der Waals surface area contributed by atoms with Crippen LogP contribution >= 0.6 is 11.6 Å². The first-order chi connectivity index (χ1) is 13.8. The molecule has 1 aliphatic heterocycles. The molecule has 1 amide bonds. The van der Waals surface area contributed by atoms with Crippen LogP contribution in [0.5, 0.6) is 5.75 Å². The van der Waals surface area contributed by atoms with Crippen molar-refractivity contribution in [3.05, 3.63) is 42.2 Å². The molecule has 1 fully saturated rings. The molecule has 0 atom stereocenters. The summed E-state index contributed by atoms with van der Waals surface area (Å²) in [7, 11) is 0. The number of halogens is 1. The molecule has 3 rings (SSSR count). The van der Waals surface area contributed by atoms with Crippen LogP contribution in [0.15, 0.2) is 36.7 Å². The summed E-state index contributed by atoms with van der Waals surface area (Å²) in [4.78, 5) is 22.7. The molecule has 0 bridgehead atoms. The van der Waals surface area contributed by atoms with E-state index in [0.717, 1.165) is 24.0 Å². The topological polar surface area (TPSA) is 64.5 Å². The average Bonchev–Trinajstić information content (AvgIpc) is 2.72. The molecule has 1 aliphatic rings. The van der Waals surface area contributed by atoms with Gasteiger partial charge in [-0.05, 0) is 51.2 Å². The van der Waals surface area contributed by atoms with Gasteiger partial charge in [0.1, 0.15) is 5.60 Å². The highest BCUT2D eigenvalue weighted by molar-refractivity contribution is 6.17. The number of alkyl halides is 1. The predicted octanol–water partition coefficient (Wildman–Crippen LogP) is 4.91. The van der Waals surface area contributed by atoms with E-state index in [2.05, 4.69) is 9.97 Å². The van der Waals surface area contributed by atoms with E-state index < -0.39 is 5.60 Å². The molecule has 156 valence electrons. The summed E-state index contributed by atoms with van der Waals surface area (Å²) in [6, 6.07) is 7.87. The maximum absolute atomic E-state index is 12.1. The minimum atomic E-state index is -0.464. The first-order valence-corrected chi connectivity index (χ1v) is 10.5. The molecule has 1 aromatic heterocycles. The Bertz CT molecular complexity index is 813. The van der Waals surface area contributed by atoms with Gasteiger partial charge in [-0.2, -0.15) is 0 Å². The van der Waals surface area contributed by atoms with Gasteiger partial charge in [0.15, 0.2) is 11.6 Å². The highest BCUT2D eigenvalue weighted by Gasteiger charge is 2.27. The SMILES string of the molecule is CC(C)(C)OC(=O)N1CCC(COc2cnc(-c3cccc(CCl)c3)nc2)CC1. The van der Waals surface area contributed by atoms with Crippen LogP contribution < -0.4 is 4.74 Å². The maximum atomic E-state index is 12.1. The minimum Gasteiger partial charge on any atom is -0.490 e. The van der Waals surface area contributed by atoms with Crippen LogP contribution in [-0.2, 0) is 10.6 Å². The molecule has 0 N–H and O–H groups in total. The van der Waals surface area contributed by atoms with E-state index in [4.69, 9.17) is 21.1 Å². The minimum absolute atomic E-state index is 0.237. The molecule has 0 unspecified atom stereocenters. The summed E-state index contributed by atoms with van der Waals surface area (Å²) in [5, 5.41) is 0. The van der Waals surface area contributed by atoms with Crippen molar-refractivity contribution >= 4 is 17.7 Å². The van der Waals surface area contributed by atoms with E-state index >= 15 is 0 Å². The Morgan fingerprint density at radius 3 is 2.52 bits per heavy atom. The lowest BCUT2D eigenvalue weighted by Crippen LogP contribution is -2.42. The van der Waals surface area contributed by atoms with Gasteiger partial charge in [-0.15, -0.1) is 11.6 Å². The summed E-state index contributed by atoms with van der Waals surface area (Å²) in [6.07, 6.45) is 4.95. The van der Waals surface area contributed by atoms with E-state index in [-0.39, 0.29) is 6.09 Å². The molecule has 2 aromatic rings. The normalized spacial score (nSPS) is 15.2. The van der Waals surface area contributed by atoms with Crippen LogP contribution in [0.4, 0.5) is 4.79 Å². The van der Waals surface area contributed by atoms with Crippen molar-refractivity contribution in [3.8, 4) is 17.1 Å². The molecule has 0 aliphatic carbocycles. The van der Waals surface area contributed by atoms with Gasteiger partial charge >= 0.3 is 6.09 Å². The summed E-state index contributed by atoms with van der Waals surface area (Å²) < 4.78 is 11.3. The van der Waals surface area contributed by atoms with Crippen molar-refractivity contribution in [2.75, 3.05) is 19.7 Å². The third-order valence-electron chi connectivity index (χ3n) is 4.72. The van der Waals surface area contributed by atoms with Crippen molar-refractivity contribution in [2.24, 2.45) is 5.92 Å². The van der Waals surface area contributed by atoms with E-state index in [1.807, 2.05) is 45.0 Å². The number of carbonyl (C=O) groups is 1. The number of amides is 1. The van der Waals surface area contributed by atoms with Gasteiger partial charge in [0, 0.05) is 24.5 Å². The zero-order valence-electron chi connectivity index (χ0n) is 17.2. The highest BCUT2D eigenvalue weighted by atomic mass is 35.5. The molecule has 1 aromatic carbocycles. The van der Waals surface area contributed by atoms with Gasteiger partial charge in [-0.1, -0.05) is 18.2 Å². The standard InChI is InChI=1S/C22H28ClN3O3/c1-22(2,3)29-21(27)26-9-7-16(8-10-26)15-28-19-13-24-20(25-14-19)18-6-4-5-17(11-18)12-23/h4-6,11,13-14,16H,7-10,12,15H2,1-3H3. The van der Waals surface area contributed by atoms with Gasteiger partial charge in [-0.3, -0.25) is 0 Å². The lowest BCUT2D eigenvalue weighted by molar-refractivity contribution is 0.0165. The number of nitrogens with zero attached hydrogens (tertiary/aromatic N) is 3. The van der Waals surface area contributed by atoms with Gasteiger partial charge in [0.05, 0.1) is 19.0 Å². The first kappa shape index (κ1) is 21.4. The second-order valence-corrected chi connectivity index (χ2v) is 8.57. The van der Waals surface area contributed by atoms with Crippen molar-refractivity contribution in [3.63, 3.8) is 0 Å². The number of rotatable bonds is 5. The average molecular weight is 418 g/mol. The Hall–Kier alpha value is -2.34. The van der Waals surface area contributed by atoms with Gasteiger partial charge in [-0.25, -0.2) is 14.8 Å². The van der Waals surface area contributed by atoms with Crippen molar-refractivity contribution < 1.29 is 14.3 Å². The quantitative estimate of drug-likeness (QED) is 0.647. The largest absolute Gasteiger partial charge is 0.490 e. The van der Waals surface area contributed by atoms with Crippen LogP contribution in [0.25, 0.3) is 11.4 Å². The monoisotopic (exact) mass is 417 g/mol. The number of aromatic nitrogens is 2. The number of piperidine rings is 1.